The average Bonchev–Trinajstić information content (AvgIpc) is 3.01. The standard InChI is InChI=1S/C19H18N2O4/c1-13(22)25-17-6-3-2-5-16(17)19(24)20-14-8-10-15(11-9-14)21-12-4-7-18(21)23/h2-3,5-6,8-11H,4,7,12H2,1H3,(H,20,24). The summed E-state index contributed by atoms with van der Waals surface area (Å²) < 4.78 is 5.06. The minimum Gasteiger partial charge on any atom is -0.426 e. The van der Waals surface area contributed by atoms with Gasteiger partial charge in [-0.2, -0.15) is 0 Å². The van der Waals surface area contributed by atoms with E-state index in [9.17, 15) is 14.4 Å². The number of hydrogen-bond acceptors (Lipinski definition) is 4. The first-order valence-corrected chi connectivity index (χ1v) is 8.04. The first-order chi connectivity index (χ1) is 12.0. The van der Waals surface area contributed by atoms with Gasteiger partial charge >= 0.3 is 5.97 Å². The van der Waals surface area contributed by atoms with Crippen molar-refractivity contribution in [3.05, 3.63) is 54.1 Å². The molecule has 0 saturated carbocycles. The van der Waals surface area contributed by atoms with Crippen molar-refractivity contribution in [2.24, 2.45) is 0 Å². The summed E-state index contributed by atoms with van der Waals surface area (Å²) in [6.07, 6.45) is 1.44. The molecule has 3 rings (SSSR count). The molecule has 1 fully saturated rings. The van der Waals surface area contributed by atoms with Gasteiger partial charge in [-0.05, 0) is 42.8 Å². The fourth-order valence-corrected chi connectivity index (χ4v) is 2.74. The van der Waals surface area contributed by atoms with E-state index in [0.717, 1.165) is 18.7 Å². The first-order valence-electron chi connectivity index (χ1n) is 8.04. The zero-order valence-electron chi connectivity index (χ0n) is 13.8. The lowest BCUT2D eigenvalue weighted by Gasteiger charge is -2.16. The summed E-state index contributed by atoms with van der Waals surface area (Å²) in [7, 11) is 0. The number of amides is 2. The van der Waals surface area contributed by atoms with Gasteiger partial charge in [0.2, 0.25) is 5.91 Å². The van der Waals surface area contributed by atoms with Gasteiger partial charge in [-0.25, -0.2) is 0 Å². The highest BCUT2D eigenvalue weighted by atomic mass is 16.5. The molecule has 1 heterocycles. The monoisotopic (exact) mass is 338 g/mol. The van der Waals surface area contributed by atoms with E-state index in [1.807, 2.05) is 0 Å². The van der Waals surface area contributed by atoms with Gasteiger partial charge in [0.25, 0.3) is 5.91 Å². The number of rotatable bonds is 4. The zero-order chi connectivity index (χ0) is 17.8. The van der Waals surface area contributed by atoms with Crippen molar-refractivity contribution in [3.63, 3.8) is 0 Å². The highest BCUT2D eigenvalue weighted by Crippen LogP contribution is 2.24. The predicted octanol–water partition coefficient (Wildman–Crippen LogP) is 2.99. The van der Waals surface area contributed by atoms with Gasteiger partial charge < -0.3 is 15.0 Å². The van der Waals surface area contributed by atoms with Gasteiger partial charge in [0.15, 0.2) is 0 Å². The van der Waals surface area contributed by atoms with E-state index in [4.69, 9.17) is 4.74 Å². The summed E-state index contributed by atoms with van der Waals surface area (Å²) >= 11 is 0. The smallest absolute Gasteiger partial charge is 0.308 e. The number of carbonyl (C=O) groups excluding carboxylic acids is 3. The molecule has 6 nitrogen and oxygen atoms in total. The van der Waals surface area contributed by atoms with Crippen molar-refractivity contribution < 1.29 is 19.1 Å². The molecule has 0 radical (unpaired) electrons. The second-order valence-corrected chi connectivity index (χ2v) is 5.74. The molecule has 0 spiro atoms. The number of nitrogens with one attached hydrogen (secondary N) is 1. The summed E-state index contributed by atoms with van der Waals surface area (Å²) in [6.45, 7) is 2.01. The third-order valence-electron chi connectivity index (χ3n) is 3.90. The molecule has 0 aliphatic carbocycles. The van der Waals surface area contributed by atoms with E-state index >= 15 is 0 Å². The number of hydrogen-bond donors (Lipinski definition) is 1. The molecule has 1 aliphatic rings. The van der Waals surface area contributed by atoms with Gasteiger partial charge in [-0.15, -0.1) is 0 Å². The number of benzene rings is 2. The van der Waals surface area contributed by atoms with Gasteiger partial charge in [0.05, 0.1) is 5.56 Å². The second-order valence-electron chi connectivity index (χ2n) is 5.74. The number of anilines is 2. The molecular weight excluding hydrogens is 320 g/mol. The minimum absolute atomic E-state index is 0.118. The highest BCUT2D eigenvalue weighted by Gasteiger charge is 2.21. The number of nitrogens with zero attached hydrogens (tertiary/aromatic N) is 1. The molecule has 0 unspecified atom stereocenters. The van der Waals surface area contributed by atoms with E-state index in [1.54, 1.807) is 53.4 Å². The molecule has 2 aromatic rings. The summed E-state index contributed by atoms with van der Waals surface area (Å²) in [5.41, 5.74) is 1.69. The number of carbonyl (C=O) groups is 3. The average molecular weight is 338 g/mol. The Kier molecular flexibility index (Phi) is 4.79. The van der Waals surface area contributed by atoms with Gasteiger partial charge in [-0.1, -0.05) is 12.1 Å². The molecule has 1 N–H and O–H groups in total. The molecular formula is C19H18N2O4. The van der Waals surface area contributed by atoms with Gasteiger partial charge in [0, 0.05) is 31.3 Å². The third-order valence-corrected chi connectivity index (χ3v) is 3.90. The van der Waals surface area contributed by atoms with Crippen LogP contribution in [-0.2, 0) is 9.59 Å². The maximum absolute atomic E-state index is 12.4. The quantitative estimate of drug-likeness (QED) is 0.687. The van der Waals surface area contributed by atoms with Crippen molar-refractivity contribution in [1.82, 2.24) is 0 Å². The van der Waals surface area contributed by atoms with E-state index in [2.05, 4.69) is 5.32 Å². The number of para-hydroxylation sites is 1. The third kappa shape index (κ3) is 3.85. The Labute approximate surface area is 145 Å². The molecule has 2 amide bonds. The van der Waals surface area contributed by atoms with E-state index in [0.29, 0.717) is 12.1 Å². The Bertz CT molecular complexity index is 814. The zero-order valence-corrected chi connectivity index (χ0v) is 13.8. The molecule has 0 aromatic heterocycles. The van der Waals surface area contributed by atoms with Crippen LogP contribution in [0.3, 0.4) is 0 Å². The van der Waals surface area contributed by atoms with Crippen molar-refractivity contribution in [1.29, 1.82) is 0 Å². The molecule has 0 bridgehead atoms. The Hall–Kier alpha value is -3.15. The van der Waals surface area contributed by atoms with Crippen LogP contribution in [0.15, 0.2) is 48.5 Å². The molecule has 1 aliphatic heterocycles. The van der Waals surface area contributed by atoms with Crippen LogP contribution in [0, 0.1) is 0 Å². The Balaban J connectivity index is 1.73. The minimum atomic E-state index is -0.486. The van der Waals surface area contributed by atoms with Crippen LogP contribution in [0.25, 0.3) is 0 Å². The largest absolute Gasteiger partial charge is 0.426 e. The van der Waals surface area contributed by atoms with E-state index in [-0.39, 0.29) is 23.1 Å². The fraction of sp³-hybridized carbons (Fsp3) is 0.211. The first kappa shape index (κ1) is 16.7. The van der Waals surface area contributed by atoms with Crippen molar-refractivity contribution in [2.45, 2.75) is 19.8 Å². The maximum Gasteiger partial charge on any atom is 0.308 e. The van der Waals surface area contributed by atoms with Crippen LogP contribution in [0.4, 0.5) is 11.4 Å². The SMILES string of the molecule is CC(=O)Oc1ccccc1C(=O)Nc1ccc(N2CCCC2=O)cc1. The topological polar surface area (TPSA) is 75.7 Å². The summed E-state index contributed by atoms with van der Waals surface area (Å²) in [4.78, 5) is 37.1. The number of esters is 1. The predicted molar refractivity (Wildman–Crippen MR) is 93.7 cm³/mol. The Morgan fingerprint density at radius 3 is 2.44 bits per heavy atom. The molecule has 1 saturated heterocycles. The van der Waals surface area contributed by atoms with Crippen LogP contribution in [-0.4, -0.2) is 24.3 Å². The van der Waals surface area contributed by atoms with Crippen molar-refractivity contribution in [2.75, 3.05) is 16.8 Å². The molecule has 128 valence electrons. The van der Waals surface area contributed by atoms with Crippen molar-refractivity contribution >= 4 is 29.2 Å². The lowest BCUT2D eigenvalue weighted by molar-refractivity contribution is -0.131. The molecule has 25 heavy (non-hydrogen) atoms. The van der Waals surface area contributed by atoms with E-state index < -0.39 is 5.97 Å². The molecule has 6 heteroatoms. The highest BCUT2D eigenvalue weighted by molar-refractivity contribution is 6.06. The van der Waals surface area contributed by atoms with Crippen LogP contribution in [0.2, 0.25) is 0 Å². The lowest BCUT2D eigenvalue weighted by Crippen LogP contribution is -2.23. The number of ether oxygens (including phenoxy) is 1. The maximum atomic E-state index is 12.4. The molecule has 2 aromatic carbocycles. The summed E-state index contributed by atoms with van der Waals surface area (Å²) in [5, 5.41) is 2.77. The normalized spacial score (nSPS) is 13.6. The lowest BCUT2D eigenvalue weighted by atomic mass is 10.1. The van der Waals surface area contributed by atoms with Gasteiger partial charge in [0.1, 0.15) is 5.75 Å². The van der Waals surface area contributed by atoms with Crippen LogP contribution < -0.4 is 15.0 Å². The van der Waals surface area contributed by atoms with Gasteiger partial charge in [-0.3, -0.25) is 14.4 Å². The summed E-state index contributed by atoms with van der Waals surface area (Å²) in [5.74, 6) is -0.527. The van der Waals surface area contributed by atoms with Crippen LogP contribution in [0.5, 0.6) is 5.75 Å². The second kappa shape index (κ2) is 7.17. The molecule has 0 atom stereocenters. The summed E-state index contributed by atoms with van der Waals surface area (Å²) in [6, 6.07) is 13.6. The Morgan fingerprint density at radius 2 is 1.80 bits per heavy atom. The Morgan fingerprint density at radius 1 is 1.08 bits per heavy atom. The fourth-order valence-electron chi connectivity index (χ4n) is 2.74. The van der Waals surface area contributed by atoms with Crippen LogP contribution >= 0.6 is 0 Å². The van der Waals surface area contributed by atoms with Crippen LogP contribution in [0.1, 0.15) is 30.1 Å². The van der Waals surface area contributed by atoms with E-state index in [1.165, 1.54) is 6.92 Å². The van der Waals surface area contributed by atoms with Crippen molar-refractivity contribution in [3.8, 4) is 5.75 Å².